The third-order valence-corrected chi connectivity index (χ3v) is 3.10. The molecule has 2 aromatic rings. The van der Waals surface area contributed by atoms with Crippen molar-refractivity contribution in [1.29, 1.82) is 0 Å². The van der Waals surface area contributed by atoms with Crippen LogP contribution in [0.25, 0.3) is 0 Å². The van der Waals surface area contributed by atoms with E-state index in [0.717, 1.165) is 17.0 Å². The minimum Gasteiger partial charge on any atom is -0.491 e. The predicted molar refractivity (Wildman–Crippen MR) is 76.2 cm³/mol. The molecule has 0 amide bonds. The van der Waals surface area contributed by atoms with Gasteiger partial charge < -0.3 is 9.47 Å². The summed E-state index contributed by atoms with van der Waals surface area (Å²) in [6.07, 6.45) is 1.74. The molecule has 0 radical (unpaired) electrons. The van der Waals surface area contributed by atoms with E-state index < -0.39 is 0 Å². The number of nitrogens with one attached hydrogen (secondary N) is 1. The van der Waals surface area contributed by atoms with Gasteiger partial charge in [-0.15, -0.1) is 0 Å². The molecule has 0 aliphatic rings. The Morgan fingerprint density at radius 3 is 2.75 bits per heavy atom. The molecule has 1 heterocycles. The molecule has 20 heavy (non-hydrogen) atoms. The number of para-hydroxylation sites is 1. The van der Waals surface area contributed by atoms with Crippen LogP contribution in [0.3, 0.4) is 0 Å². The molecular formula is C14H20N4O2. The molecule has 0 fully saturated rings. The van der Waals surface area contributed by atoms with Gasteiger partial charge in [0.2, 0.25) is 0 Å². The van der Waals surface area contributed by atoms with Crippen LogP contribution in [0.1, 0.15) is 17.3 Å². The lowest BCUT2D eigenvalue weighted by Crippen LogP contribution is -2.30. The summed E-state index contributed by atoms with van der Waals surface area (Å²) in [5.41, 5.74) is 4.76. The van der Waals surface area contributed by atoms with Crippen molar-refractivity contribution >= 4 is 0 Å². The van der Waals surface area contributed by atoms with Gasteiger partial charge >= 0.3 is 0 Å². The van der Waals surface area contributed by atoms with E-state index in [2.05, 4.69) is 10.5 Å². The lowest BCUT2D eigenvalue weighted by Gasteiger charge is -2.20. The van der Waals surface area contributed by atoms with Crippen molar-refractivity contribution in [2.24, 2.45) is 12.9 Å². The second kappa shape index (κ2) is 7.04. The predicted octanol–water partition coefficient (Wildman–Crippen LogP) is 0.998. The molecule has 0 saturated heterocycles. The van der Waals surface area contributed by atoms with Crippen molar-refractivity contribution in [1.82, 2.24) is 15.2 Å². The third kappa shape index (κ3) is 3.16. The SMILES string of the molecule is COCCOc1ccccc1C(NN)c1ccnn1C. The maximum absolute atomic E-state index is 5.75. The molecule has 3 N–H and O–H groups in total. The molecule has 0 saturated carbocycles. The van der Waals surface area contributed by atoms with E-state index >= 15 is 0 Å². The number of rotatable bonds is 7. The van der Waals surface area contributed by atoms with Crippen molar-refractivity contribution in [2.75, 3.05) is 20.3 Å². The molecule has 6 nitrogen and oxygen atoms in total. The Bertz CT molecular complexity index is 541. The highest BCUT2D eigenvalue weighted by Crippen LogP contribution is 2.29. The van der Waals surface area contributed by atoms with Crippen molar-refractivity contribution in [2.45, 2.75) is 6.04 Å². The van der Waals surface area contributed by atoms with E-state index in [1.54, 1.807) is 18.0 Å². The smallest absolute Gasteiger partial charge is 0.124 e. The number of hydrazine groups is 1. The Labute approximate surface area is 118 Å². The van der Waals surface area contributed by atoms with Crippen LogP contribution in [0.5, 0.6) is 5.75 Å². The van der Waals surface area contributed by atoms with Crippen LogP contribution in [0.15, 0.2) is 36.5 Å². The van der Waals surface area contributed by atoms with Gasteiger partial charge in [0.15, 0.2) is 0 Å². The summed E-state index contributed by atoms with van der Waals surface area (Å²) < 4.78 is 12.5. The largest absolute Gasteiger partial charge is 0.491 e. The lowest BCUT2D eigenvalue weighted by molar-refractivity contribution is 0.145. The first-order chi connectivity index (χ1) is 9.77. The molecule has 1 aromatic heterocycles. The van der Waals surface area contributed by atoms with Gasteiger partial charge in [-0.2, -0.15) is 5.10 Å². The van der Waals surface area contributed by atoms with Crippen LogP contribution in [0.4, 0.5) is 0 Å². The monoisotopic (exact) mass is 276 g/mol. The molecule has 0 aliphatic carbocycles. The Balaban J connectivity index is 2.28. The molecule has 108 valence electrons. The number of hydrogen-bond donors (Lipinski definition) is 2. The fraction of sp³-hybridized carbons (Fsp3) is 0.357. The van der Waals surface area contributed by atoms with Crippen molar-refractivity contribution < 1.29 is 9.47 Å². The average molecular weight is 276 g/mol. The summed E-state index contributed by atoms with van der Waals surface area (Å²) in [7, 11) is 3.53. The van der Waals surface area contributed by atoms with E-state index in [1.165, 1.54) is 0 Å². The van der Waals surface area contributed by atoms with E-state index in [4.69, 9.17) is 15.3 Å². The van der Waals surface area contributed by atoms with Gasteiger partial charge in [0.1, 0.15) is 12.4 Å². The highest BCUT2D eigenvalue weighted by Gasteiger charge is 2.19. The van der Waals surface area contributed by atoms with Crippen LogP contribution in [-0.4, -0.2) is 30.1 Å². The molecule has 0 bridgehead atoms. The van der Waals surface area contributed by atoms with Crippen molar-refractivity contribution in [3.05, 3.63) is 47.8 Å². The van der Waals surface area contributed by atoms with Gasteiger partial charge in [0.25, 0.3) is 0 Å². The van der Waals surface area contributed by atoms with Crippen LogP contribution < -0.4 is 16.0 Å². The zero-order chi connectivity index (χ0) is 14.4. The number of aromatic nitrogens is 2. The zero-order valence-electron chi connectivity index (χ0n) is 11.7. The number of hydrogen-bond acceptors (Lipinski definition) is 5. The normalized spacial score (nSPS) is 12.3. The molecule has 6 heteroatoms. The van der Waals surface area contributed by atoms with Gasteiger partial charge in [-0.1, -0.05) is 18.2 Å². The Kier molecular flexibility index (Phi) is 5.11. The third-order valence-electron chi connectivity index (χ3n) is 3.10. The summed E-state index contributed by atoms with van der Waals surface area (Å²) in [4.78, 5) is 0. The van der Waals surface area contributed by atoms with Gasteiger partial charge in [-0.05, 0) is 12.1 Å². The maximum atomic E-state index is 5.75. The minimum absolute atomic E-state index is 0.179. The van der Waals surface area contributed by atoms with E-state index in [-0.39, 0.29) is 6.04 Å². The Hall–Kier alpha value is -1.89. The molecule has 2 rings (SSSR count). The molecule has 0 spiro atoms. The zero-order valence-corrected chi connectivity index (χ0v) is 11.7. The number of aryl methyl sites for hydroxylation is 1. The minimum atomic E-state index is -0.179. The standard InChI is InChI=1S/C14H20N4O2/c1-18-12(7-8-16-18)14(17-15)11-5-3-4-6-13(11)20-10-9-19-2/h3-8,14,17H,9-10,15H2,1-2H3. The van der Waals surface area contributed by atoms with Gasteiger partial charge in [0, 0.05) is 25.9 Å². The fourth-order valence-corrected chi connectivity index (χ4v) is 2.09. The summed E-state index contributed by atoms with van der Waals surface area (Å²) in [5.74, 6) is 6.50. The molecule has 1 unspecified atom stereocenters. The van der Waals surface area contributed by atoms with E-state index in [0.29, 0.717) is 13.2 Å². The summed E-state index contributed by atoms with van der Waals surface area (Å²) in [6, 6.07) is 9.55. The van der Waals surface area contributed by atoms with Gasteiger partial charge in [-0.25, -0.2) is 5.43 Å². The van der Waals surface area contributed by atoms with E-state index in [1.807, 2.05) is 37.4 Å². The Morgan fingerprint density at radius 1 is 1.30 bits per heavy atom. The van der Waals surface area contributed by atoms with Gasteiger partial charge in [-0.3, -0.25) is 10.5 Å². The van der Waals surface area contributed by atoms with Crippen molar-refractivity contribution in [3.63, 3.8) is 0 Å². The topological polar surface area (TPSA) is 74.3 Å². The van der Waals surface area contributed by atoms with Crippen LogP contribution in [0, 0.1) is 0 Å². The summed E-state index contributed by atoms with van der Waals surface area (Å²) in [5, 5.41) is 4.18. The Morgan fingerprint density at radius 2 is 2.10 bits per heavy atom. The van der Waals surface area contributed by atoms with Crippen LogP contribution >= 0.6 is 0 Å². The van der Waals surface area contributed by atoms with Gasteiger partial charge in [0.05, 0.1) is 18.3 Å². The first kappa shape index (κ1) is 14.5. The molecule has 1 aromatic carbocycles. The lowest BCUT2D eigenvalue weighted by atomic mass is 10.0. The number of nitrogens with zero attached hydrogens (tertiary/aromatic N) is 2. The number of nitrogens with two attached hydrogens (primary N) is 1. The second-order valence-corrected chi connectivity index (χ2v) is 4.36. The highest BCUT2D eigenvalue weighted by molar-refractivity contribution is 5.39. The fourth-order valence-electron chi connectivity index (χ4n) is 2.09. The summed E-state index contributed by atoms with van der Waals surface area (Å²) in [6.45, 7) is 1.04. The van der Waals surface area contributed by atoms with Crippen LogP contribution in [0.2, 0.25) is 0 Å². The van der Waals surface area contributed by atoms with Crippen LogP contribution in [-0.2, 0) is 11.8 Å². The number of ether oxygens (including phenoxy) is 2. The number of methoxy groups -OCH3 is 1. The van der Waals surface area contributed by atoms with Crippen molar-refractivity contribution in [3.8, 4) is 5.75 Å². The number of benzene rings is 1. The highest BCUT2D eigenvalue weighted by atomic mass is 16.5. The summed E-state index contributed by atoms with van der Waals surface area (Å²) >= 11 is 0. The molecule has 1 atom stereocenters. The second-order valence-electron chi connectivity index (χ2n) is 4.36. The quantitative estimate of drug-likeness (QED) is 0.448. The van der Waals surface area contributed by atoms with E-state index in [9.17, 15) is 0 Å². The first-order valence-corrected chi connectivity index (χ1v) is 6.42. The molecule has 0 aliphatic heterocycles. The maximum Gasteiger partial charge on any atom is 0.124 e. The average Bonchev–Trinajstić information content (AvgIpc) is 2.88. The molecular weight excluding hydrogens is 256 g/mol. The first-order valence-electron chi connectivity index (χ1n) is 6.42.